The Kier molecular flexibility index (Phi) is 6.59. The zero-order valence-electron chi connectivity index (χ0n) is 17.4. The zero-order valence-corrected chi connectivity index (χ0v) is 18.2. The molecule has 32 heavy (non-hydrogen) atoms. The van der Waals surface area contributed by atoms with Crippen molar-refractivity contribution in [2.24, 2.45) is 0 Å². The van der Waals surface area contributed by atoms with Gasteiger partial charge in [-0.25, -0.2) is 4.79 Å². The van der Waals surface area contributed by atoms with Crippen molar-refractivity contribution in [2.75, 3.05) is 42.0 Å². The summed E-state index contributed by atoms with van der Waals surface area (Å²) < 4.78 is 10.7. The van der Waals surface area contributed by atoms with Crippen molar-refractivity contribution in [2.45, 2.75) is 19.1 Å². The lowest BCUT2D eigenvalue weighted by atomic mass is 10.1. The van der Waals surface area contributed by atoms with E-state index in [1.165, 1.54) is 4.90 Å². The van der Waals surface area contributed by atoms with Gasteiger partial charge in [0.1, 0.15) is 19.4 Å². The summed E-state index contributed by atoms with van der Waals surface area (Å²) in [6.45, 7) is 2.77. The topological polar surface area (TPSA) is 100 Å². The molecule has 0 radical (unpaired) electrons. The Morgan fingerprint density at radius 1 is 1.03 bits per heavy atom. The van der Waals surface area contributed by atoms with Gasteiger partial charge in [-0.05, 0) is 55.5 Å². The number of halogens is 1. The summed E-state index contributed by atoms with van der Waals surface area (Å²) in [6.07, 6.45) is -0.476. The highest BCUT2D eigenvalue weighted by molar-refractivity contribution is 6.30. The molecule has 2 aromatic rings. The van der Waals surface area contributed by atoms with Gasteiger partial charge in [-0.1, -0.05) is 11.6 Å². The number of ether oxygens (including phenoxy) is 2. The van der Waals surface area contributed by atoms with Gasteiger partial charge >= 0.3 is 6.03 Å². The molecular formula is C22H23ClN4O5. The largest absolute Gasteiger partial charge is 0.370 e. The molecule has 168 valence electrons. The van der Waals surface area contributed by atoms with Crippen LogP contribution < -0.4 is 15.5 Å². The average Bonchev–Trinajstić information content (AvgIpc) is 3.18. The highest BCUT2D eigenvalue weighted by Crippen LogP contribution is 2.23. The number of benzene rings is 2. The SMILES string of the molecule is CC1OCN(C(=O)Nc2ccc(Cl)cc2)[C@H]1C(=O)Nc1ccc(N2CCOCC2=O)cc1. The first-order chi connectivity index (χ1) is 15.4. The van der Waals surface area contributed by atoms with Crippen LogP contribution in [0.2, 0.25) is 5.02 Å². The molecule has 0 aliphatic carbocycles. The Morgan fingerprint density at radius 2 is 1.69 bits per heavy atom. The third kappa shape index (κ3) is 4.85. The number of morpholine rings is 1. The van der Waals surface area contributed by atoms with Crippen molar-refractivity contribution in [3.05, 3.63) is 53.6 Å². The second kappa shape index (κ2) is 9.56. The molecular weight excluding hydrogens is 436 g/mol. The minimum atomic E-state index is -0.803. The van der Waals surface area contributed by atoms with Crippen molar-refractivity contribution in [3.63, 3.8) is 0 Å². The number of urea groups is 1. The molecule has 4 rings (SSSR count). The van der Waals surface area contributed by atoms with Crippen molar-refractivity contribution in [1.82, 2.24) is 4.90 Å². The molecule has 2 heterocycles. The molecule has 2 aromatic carbocycles. The lowest BCUT2D eigenvalue weighted by Gasteiger charge is -2.27. The number of hydrogen-bond donors (Lipinski definition) is 2. The molecule has 2 aliphatic rings. The quantitative estimate of drug-likeness (QED) is 0.733. The smallest absolute Gasteiger partial charge is 0.324 e. The monoisotopic (exact) mass is 458 g/mol. The molecule has 4 amide bonds. The van der Waals surface area contributed by atoms with Gasteiger partial charge in [0.15, 0.2) is 0 Å². The van der Waals surface area contributed by atoms with Gasteiger partial charge in [-0.2, -0.15) is 0 Å². The van der Waals surface area contributed by atoms with Crippen molar-refractivity contribution in [1.29, 1.82) is 0 Å². The van der Waals surface area contributed by atoms with Crippen LogP contribution in [0.15, 0.2) is 48.5 Å². The van der Waals surface area contributed by atoms with Gasteiger partial charge in [-0.15, -0.1) is 0 Å². The Balaban J connectivity index is 1.41. The van der Waals surface area contributed by atoms with E-state index in [1.54, 1.807) is 60.4 Å². The third-order valence-corrected chi connectivity index (χ3v) is 5.57. The molecule has 0 spiro atoms. The van der Waals surface area contributed by atoms with Crippen LogP contribution in [0.5, 0.6) is 0 Å². The number of nitrogens with one attached hydrogen (secondary N) is 2. The number of hydrogen-bond acceptors (Lipinski definition) is 5. The fourth-order valence-electron chi connectivity index (χ4n) is 3.62. The first-order valence-corrected chi connectivity index (χ1v) is 10.5. The number of nitrogens with zero attached hydrogens (tertiary/aromatic N) is 2. The van der Waals surface area contributed by atoms with E-state index in [2.05, 4.69) is 10.6 Å². The first-order valence-electron chi connectivity index (χ1n) is 10.2. The van der Waals surface area contributed by atoms with Gasteiger partial charge in [0.2, 0.25) is 5.91 Å². The molecule has 0 saturated carbocycles. The van der Waals surface area contributed by atoms with E-state index in [-0.39, 0.29) is 25.2 Å². The van der Waals surface area contributed by atoms with E-state index in [1.807, 2.05) is 0 Å². The van der Waals surface area contributed by atoms with Crippen LogP contribution >= 0.6 is 11.6 Å². The number of carbonyl (C=O) groups excluding carboxylic acids is 3. The molecule has 1 unspecified atom stereocenters. The summed E-state index contributed by atoms with van der Waals surface area (Å²) in [6, 6.07) is 12.4. The lowest BCUT2D eigenvalue weighted by molar-refractivity contribution is -0.125. The minimum absolute atomic E-state index is 0.00322. The Bertz CT molecular complexity index is 998. The molecule has 2 fully saturated rings. The third-order valence-electron chi connectivity index (χ3n) is 5.31. The molecule has 10 heteroatoms. The highest BCUT2D eigenvalue weighted by Gasteiger charge is 2.40. The Hall–Kier alpha value is -3.14. The van der Waals surface area contributed by atoms with Crippen molar-refractivity contribution in [3.8, 4) is 0 Å². The van der Waals surface area contributed by atoms with Crippen LogP contribution in [-0.4, -0.2) is 61.4 Å². The van der Waals surface area contributed by atoms with Crippen molar-refractivity contribution >= 4 is 46.5 Å². The van der Waals surface area contributed by atoms with Gasteiger partial charge in [0.25, 0.3) is 5.91 Å². The van der Waals surface area contributed by atoms with Crippen LogP contribution in [0, 0.1) is 0 Å². The summed E-state index contributed by atoms with van der Waals surface area (Å²) in [7, 11) is 0. The van der Waals surface area contributed by atoms with Crippen LogP contribution in [0.25, 0.3) is 0 Å². The van der Waals surface area contributed by atoms with Crippen molar-refractivity contribution < 1.29 is 23.9 Å². The maximum absolute atomic E-state index is 13.0. The average molecular weight is 459 g/mol. The number of anilines is 3. The fraction of sp³-hybridized carbons (Fsp3) is 0.318. The summed E-state index contributed by atoms with van der Waals surface area (Å²) in [4.78, 5) is 40.7. The van der Waals surface area contributed by atoms with Crippen LogP contribution in [0.4, 0.5) is 21.9 Å². The molecule has 0 bridgehead atoms. The molecule has 2 aliphatic heterocycles. The van der Waals surface area contributed by atoms with Crippen LogP contribution in [0.1, 0.15) is 6.92 Å². The summed E-state index contributed by atoms with van der Waals surface area (Å²) >= 11 is 5.88. The number of carbonyl (C=O) groups is 3. The second-order valence-corrected chi connectivity index (χ2v) is 7.92. The maximum Gasteiger partial charge on any atom is 0.324 e. The first kappa shape index (κ1) is 22.1. The zero-order chi connectivity index (χ0) is 22.7. The van der Waals surface area contributed by atoms with Gasteiger partial charge in [0, 0.05) is 28.6 Å². The normalized spacial score (nSPS) is 20.9. The number of rotatable bonds is 4. The van der Waals surface area contributed by atoms with E-state index in [9.17, 15) is 14.4 Å². The summed E-state index contributed by atoms with van der Waals surface area (Å²) in [5.74, 6) is -0.469. The van der Waals surface area contributed by atoms with Gasteiger partial charge < -0.3 is 25.0 Å². The van der Waals surface area contributed by atoms with Crippen LogP contribution in [0.3, 0.4) is 0 Å². The Labute approximate surface area is 190 Å². The lowest BCUT2D eigenvalue weighted by Crippen LogP contribution is -2.48. The van der Waals surface area contributed by atoms with Crippen LogP contribution in [-0.2, 0) is 19.1 Å². The summed E-state index contributed by atoms with van der Waals surface area (Å²) in [5, 5.41) is 6.13. The molecule has 2 saturated heterocycles. The second-order valence-electron chi connectivity index (χ2n) is 7.49. The molecule has 2 atom stereocenters. The van der Waals surface area contributed by atoms with E-state index in [0.29, 0.717) is 29.5 Å². The molecule has 0 aromatic heterocycles. The Morgan fingerprint density at radius 3 is 2.38 bits per heavy atom. The number of amides is 4. The standard InChI is InChI=1S/C22H23ClN4O5/c1-14-20(27(13-32-14)22(30)25-17-4-2-15(23)3-5-17)21(29)24-16-6-8-18(9-7-16)26-10-11-31-12-19(26)28/h2-9,14,20H,10-13H2,1H3,(H,24,29)(H,25,30)/t14?,20-/m1/s1. The van der Waals surface area contributed by atoms with Gasteiger partial charge in [-0.3, -0.25) is 14.5 Å². The highest BCUT2D eigenvalue weighted by atomic mass is 35.5. The summed E-state index contributed by atoms with van der Waals surface area (Å²) in [5.41, 5.74) is 1.85. The van der Waals surface area contributed by atoms with Gasteiger partial charge in [0.05, 0.1) is 12.7 Å². The van der Waals surface area contributed by atoms with E-state index < -0.39 is 18.2 Å². The predicted molar refractivity (Wildman–Crippen MR) is 120 cm³/mol. The van der Waals surface area contributed by atoms with E-state index in [4.69, 9.17) is 21.1 Å². The van der Waals surface area contributed by atoms with E-state index >= 15 is 0 Å². The minimum Gasteiger partial charge on any atom is -0.370 e. The fourth-order valence-corrected chi connectivity index (χ4v) is 3.75. The predicted octanol–water partition coefficient (Wildman–Crippen LogP) is 2.92. The molecule has 9 nitrogen and oxygen atoms in total. The van der Waals surface area contributed by atoms with E-state index in [0.717, 1.165) is 5.69 Å². The molecule has 2 N–H and O–H groups in total. The maximum atomic E-state index is 13.0.